The molecule has 3 aromatic rings. The van der Waals surface area contributed by atoms with Gasteiger partial charge in [-0.25, -0.2) is 4.79 Å². The standard InChI is InChI=1S/C28H23ClN2O5/c29-16-21-17-35-27-22(30-25(32)20-14-8-3-9-15-20)26(33)31(27)23(21)28(34)36-24(18-10-4-1-5-11-18)19-12-6-2-7-13-19/h1-15,22,24,27H,16-17H2,(H,30,32)/t22-,27?/m0/s1. The molecule has 0 spiro atoms. The van der Waals surface area contributed by atoms with Crippen LogP contribution in [0.1, 0.15) is 27.6 Å². The summed E-state index contributed by atoms with van der Waals surface area (Å²) in [6.45, 7) is 0.0431. The Morgan fingerprint density at radius 3 is 2.06 bits per heavy atom. The number of carbonyl (C=O) groups excluding carboxylic acids is 3. The lowest BCUT2D eigenvalue weighted by molar-refractivity contribution is -0.184. The van der Waals surface area contributed by atoms with Crippen molar-refractivity contribution in [2.75, 3.05) is 12.5 Å². The molecular formula is C28H23ClN2O5. The minimum atomic E-state index is -0.920. The third kappa shape index (κ3) is 4.51. The van der Waals surface area contributed by atoms with Gasteiger partial charge in [0, 0.05) is 17.0 Å². The Kier molecular flexibility index (Phi) is 6.84. The summed E-state index contributed by atoms with van der Waals surface area (Å²) in [4.78, 5) is 40.5. The van der Waals surface area contributed by atoms with Gasteiger partial charge in [-0.15, -0.1) is 11.6 Å². The van der Waals surface area contributed by atoms with E-state index in [-0.39, 0.29) is 18.2 Å². The summed E-state index contributed by atoms with van der Waals surface area (Å²) < 4.78 is 11.8. The van der Waals surface area contributed by atoms with Gasteiger partial charge in [-0.3, -0.25) is 14.5 Å². The molecule has 0 aliphatic carbocycles. The third-order valence-electron chi connectivity index (χ3n) is 6.15. The predicted molar refractivity (Wildman–Crippen MR) is 133 cm³/mol. The number of alkyl halides is 1. The van der Waals surface area contributed by atoms with Gasteiger partial charge in [-0.05, 0) is 23.3 Å². The van der Waals surface area contributed by atoms with Crippen molar-refractivity contribution >= 4 is 29.4 Å². The second kappa shape index (κ2) is 10.4. The van der Waals surface area contributed by atoms with Crippen LogP contribution in [0.25, 0.3) is 0 Å². The van der Waals surface area contributed by atoms with Crippen LogP contribution in [0, 0.1) is 0 Å². The number of β-lactam (4-membered cyclic amide) rings is 1. The van der Waals surface area contributed by atoms with Gasteiger partial charge in [0.2, 0.25) is 0 Å². The van der Waals surface area contributed by atoms with Crippen molar-refractivity contribution in [3.05, 3.63) is 119 Å². The number of carbonyl (C=O) groups is 3. The van der Waals surface area contributed by atoms with Crippen molar-refractivity contribution in [3.8, 4) is 0 Å². The first kappa shape index (κ1) is 23.8. The van der Waals surface area contributed by atoms with Crippen LogP contribution in [-0.2, 0) is 19.1 Å². The van der Waals surface area contributed by atoms with Crippen LogP contribution in [-0.4, -0.2) is 47.4 Å². The van der Waals surface area contributed by atoms with Gasteiger partial charge in [0.15, 0.2) is 18.4 Å². The summed E-state index contributed by atoms with van der Waals surface area (Å²) in [6.07, 6.45) is -1.51. The minimum absolute atomic E-state index is 0.0106. The Morgan fingerprint density at radius 1 is 0.944 bits per heavy atom. The monoisotopic (exact) mass is 502 g/mol. The van der Waals surface area contributed by atoms with E-state index < -0.39 is 36.2 Å². The summed E-state index contributed by atoms with van der Waals surface area (Å²) >= 11 is 6.12. The van der Waals surface area contributed by atoms with Crippen LogP contribution in [0.15, 0.2) is 102 Å². The average Bonchev–Trinajstić information content (AvgIpc) is 2.94. The average molecular weight is 503 g/mol. The summed E-state index contributed by atoms with van der Waals surface area (Å²) in [5.74, 6) is -1.56. The molecular weight excluding hydrogens is 480 g/mol. The topological polar surface area (TPSA) is 84.9 Å². The highest BCUT2D eigenvalue weighted by atomic mass is 35.5. The number of rotatable bonds is 7. The van der Waals surface area contributed by atoms with Crippen LogP contribution >= 0.6 is 11.6 Å². The zero-order valence-electron chi connectivity index (χ0n) is 19.2. The molecule has 2 amide bonds. The molecule has 0 bridgehead atoms. The fourth-order valence-electron chi connectivity index (χ4n) is 4.34. The van der Waals surface area contributed by atoms with Gasteiger partial charge in [0.25, 0.3) is 11.8 Å². The van der Waals surface area contributed by atoms with Gasteiger partial charge < -0.3 is 14.8 Å². The first-order chi connectivity index (χ1) is 17.6. The first-order valence-corrected chi connectivity index (χ1v) is 12.0. The molecule has 5 rings (SSSR count). The summed E-state index contributed by atoms with van der Waals surface area (Å²) in [7, 11) is 0. The second-order valence-electron chi connectivity index (χ2n) is 8.42. The Hall–Kier alpha value is -3.94. The number of esters is 1. The number of benzene rings is 3. The van der Waals surface area contributed by atoms with E-state index in [0.29, 0.717) is 11.1 Å². The Labute approximate surface area is 213 Å². The molecule has 1 fully saturated rings. The third-order valence-corrected chi connectivity index (χ3v) is 6.48. The van der Waals surface area contributed by atoms with Crippen molar-refractivity contribution in [1.29, 1.82) is 0 Å². The summed E-state index contributed by atoms with van der Waals surface area (Å²) in [6, 6.07) is 26.4. The van der Waals surface area contributed by atoms with E-state index in [4.69, 9.17) is 21.1 Å². The molecule has 0 saturated carbocycles. The highest BCUT2D eigenvalue weighted by molar-refractivity contribution is 6.20. The highest BCUT2D eigenvalue weighted by Crippen LogP contribution is 2.36. The van der Waals surface area contributed by atoms with Crippen molar-refractivity contribution in [2.24, 2.45) is 0 Å². The molecule has 1 N–H and O–H groups in total. The van der Waals surface area contributed by atoms with Crippen LogP contribution in [0.4, 0.5) is 0 Å². The predicted octanol–water partition coefficient (Wildman–Crippen LogP) is 3.81. The van der Waals surface area contributed by atoms with E-state index in [2.05, 4.69) is 5.32 Å². The number of hydrogen-bond acceptors (Lipinski definition) is 5. The van der Waals surface area contributed by atoms with E-state index in [1.54, 1.807) is 30.3 Å². The normalized spacial score (nSPS) is 18.9. The second-order valence-corrected chi connectivity index (χ2v) is 8.69. The zero-order chi connectivity index (χ0) is 25.1. The Balaban J connectivity index is 1.39. The number of hydrogen-bond donors (Lipinski definition) is 1. The molecule has 2 heterocycles. The molecule has 1 saturated heterocycles. The fraction of sp³-hybridized carbons (Fsp3) is 0.179. The number of ether oxygens (including phenoxy) is 2. The SMILES string of the molecule is O=C(OC(c1ccccc1)c1ccccc1)C1=C(CCl)COC2[C@@H](NC(=O)c3ccccc3)C(=O)N12. The molecule has 0 radical (unpaired) electrons. The van der Waals surface area contributed by atoms with E-state index in [1.165, 1.54) is 4.90 Å². The van der Waals surface area contributed by atoms with Gasteiger partial charge >= 0.3 is 5.97 Å². The molecule has 182 valence electrons. The van der Waals surface area contributed by atoms with E-state index in [9.17, 15) is 14.4 Å². The maximum absolute atomic E-state index is 13.5. The van der Waals surface area contributed by atoms with Gasteiger partial charge in [-0.1, -0.05) is 78.9 Å². The van der Waals surface area contributed by atoms with E-state index in [1.807, 2.05) is 60.7 Å². The van der Waals surface area contributed by atoms with Crippen LogP contribution in [0.2, 0.25) is 0 Å². The molecule has 2 aliphatic rings. The highest BCUT2D eigenvalue weighted by Gasteiger charge is 2.55. The number of halogens is 1. The fourth-order valence-corrected chi connectivity index (χ4v) is 4.54. The number of fused-ring (bicyclic) bond motifs is 1. The van der Waals surface area contributed by atoms with Crippen LogP contribution in [0.5, 0.6) is 0 Å². The molecule has 36 heavy (non-hydrogen) atoms. The Morgan fingerprint density at radius 2 is 1.50 bits per heavy atom. The van der Waals surface area contributed by atoms with E-state index >= 15 is 0 Å². The van der Waals surface area contributed by atoms with Crippen molar-refractivity contribution < 1.29 is 23.9 Å². The van der Waals surface area contributed by atoms with Crippen LogP contribution in [0.3, 0.4) is 0 Å². The molecule has 3 aromatic carbocycles. The number of nitrogens with zero attached hydrogens (tertiary/aromatic N) is 1. The molecule has 8 heteroatoms. The number of nitrogens with one attached hydrogen (secondary N) is 1. The van der Waals surface area contributed by atoms with Crippen molar-refractivity contribution in [3.63, 3.8) is 0 Å². The van der Waals surface area contributed by atoms with E-state index in [0.717, 1.165) is 11.1 Å². The molecule has 2 aliphatic heterocycles. The lowest BCUT2D eigenvalue weighted by Gasteiger charge is -2.49. The van der Waals surface area contributed by atoms with Gasteiger partial charge in [0.1, 0.15) is 5.70 Å². The Bertz CT molecular complexity index is 1260. The smallest absolute Gasteiger partial charge is 0.356 e. The van der Waals surface area contributed by atoms with Crippen molar-refractivity contribution in [2.45, 2.75) is 18.4 Å². The quantitative estimate of drug-likeness (QED) is 0.302. The largest absolute Gasteiger partial charge is 0.448 e. The molecule has 7 nitrogen and oxygen atoms in total. The number of amides is 2. The molecule has 1 unspecified atom stereocenters. The lowest BCUT2D eigenvalue weighted by atomic mass is 9.98. The first-order valence-electron chi connectivity index (χ1n) is 11.5. The van der Waals surface area contributed by atoms with Gasteiger partial charge in [0.05, 0.1) is 6.61 Å². The summed E-state index contributed by atoms with van der Waals surface area (Å²) in [5, 5.41) is 2.70. The van der Waals surface area contributed by atoms with Crippen LogP contribution < -0.4 is 5.32 Å². The maximum Gasteiger partial charge on any atom is 0.356 e. The maximum atomic E-state index is 13.5. The molecule has 0 aromatic heterocycles. The van der Waals surface area contributed by atoms with Gasteiger partial charge in [-0.2, -0.15) is 0 Å². The van der Waals surface area contributed by atoms with Crippen molar-refractivity contribution in [1.82, 2.24) is 10.2 Å². The zero-order valence-corrected chi connectivity index (χ0v) is 19.9. The lowest BCUT2D eigenvalue weighted by Crippen LogP contribution is -2.73. The summed E-state index contributed by atoms with van der Waals surface area (Å²) in [5.41, 5.74) is 2.50. The molecule has 2 atom stereocenters. The minimum Gasteiger partial charge on any atom is -0.448 e.